The number of piperidine rings is 1. The van der Waals surface area contributed by atoms with Crippen LogP contribution in [0, 0.1) is 5.92 Å². The maximum Gasteiger partial charge on any atom is 0.0702 e. The lowest BCUT2D eigenvalue weighted by atomic mass is 9.96. The van der Waals surface area contributed by atoms with Gasteiger partial charge in [0, 0.05) is 39.9 Å². The lowest BCUT2D eigenvalue weighted by molar-refractivity contribution is 0.0625. The van der Waals surface area contributed by atoms with Crippen LogP contribution in [0.5, 0.6) is 0 Å². The summed E-state index contributed by atoms with van der Waals surface area (Å²) in [4.78, 5) is 5.16. The Labute approximate surface area is 165 Å². The number of hydrogen-bond acceptors (Lipinski definition) is 4. The highest BCUT2D eigenvalue weighted by molar-refractivity contribution is 5.48. The van der Waals surface area contributed by atoms with Crippen molar-refractivity contribution in [2.75, 3.05) is 59.6 Å². The summed E-state index contributed by atoms with van der Waals surface area (Å²) >= 11 is 0. The fourth-order valence-corrected chi connectivity index (χ4v) is 4.18. The lowest BCUT2D eigenvalue weighted by Gasteiger charge is -2.35. The topological polar surface area (TPSA) is 24.9 Å². The van der Waals surface area contributed by atoms with E-state index in [1.807, 2.05) is 0 Å². The van der Waals surface area contributed by atoms with Crippen molar-refractivity contribution in [1.82, 2.24) is 9.80 Å². The molecule has 2 heterocycles. The van der Waals surface area contributed by atoms with Crippen molar-refractivity contribution in [3.8, 4) is 0 Å². The van der Waals surface area contributed by atoms with Crippen LogP contribution >= 0.6 is 0 Å². The summed E-state index contributed by atoms with van der Waals surface area (Å²) < 4.78 is 11.1. The largest absolute Gasteiger partial charge is 0.383 e. The lowest BCUT2D eigenvalue weighted by Crippen LogP contribution is -2.41. The molecule has 1 aromatic carbocycles. The second-order valence-corrected chi connectivity index (χ2v) is 7.94. The van der Waals surface area contributed by atoms with Gasteiger partial charge in [0.25, 0.3) is 0 Å². The molecule has 4 heteroatoms. The van der Waals surface area contributed by atoms with E-state index >= 15 is 0 Å². The first kappa shape index (κ1) is 20.5. The molecule has 1 aromatic rings. The third kappa shape index (κ3) is 7.38. The summed E-state index contributed by atoms with van der Waals surface area (Å²) in [6, 6.07) is 10.6. The SMILES string of the molecule is COCCN1CCC(CN(CC=Cc2ccccc2)CC2CCCO2)CC1. The normalized spacial score (nSPS) is 22.2. The standard InChI is InChI=1S/C23H36N2O2/c1-26-18-16-24-14-11-22(12-15-24)19-25(20-23-10-6-17-27-23)13-5-9-21-7-3-2-4-8-21/h2-5,7-9,22-23H,6,10-20H2,1H3. The molecule has 1 atom stereocenters. The predicted octanol–water partition coefficient (Wildman–Crippen LogP) is 3.54. The molecule has 0 amide bonds. The Morgan fingerprint density at radius 3 is 2.67 bits per heavy atom. The molecular formula is C23H36N2O2. The molecule has 1 unspecified atom stereocenters. The highest BCUT2D eigenvalue weighted by atomic mass is 16.5. The number of rotatable bonds is 10. The maximum atomic E-state index is 5.91. The van der Waals surface area contributed by atoms with Crippen molar-refractivity contribution in [2.24, 2.45) is 5.92 Å². The summed E-state index contributed by atoms with van der Waals surface area (Å²) in [7, 11) is 1.79. The van der Waals surface area contributed by atoms with E-state index in [0.717, 1.165) is 38.8 Å². The average molecular weight is 373 g/mol. The first-order chi connectivity index (χ1) is 13.3. The Hall–Kier alpha value is -1.20. The van der Waals surface area contributed by atoms with Crippen molar-refractivity contribution >= 4 is 6.08 Å². The van der Waals surface area contributed by atoms with Gasteiger partial charge in [0.05, 0.1) is 12.7 Å². The minimum absolute atomic E-state index is 0.428. The van der Waals surface area contributed by atoms with Crippen LogP contribution in [-0.4, -0.2) is 75.5 Å². The van der Waals surface area contributed by atoms with Gasteiger partial charge in [-0.25, -0.2) is 0 Å². The highest BCUT2D eigenvalue weighted by Crippen LogP contribution is 2.20. The van der Waals surface area contributed by atoms with E-state index in [-0.39, 0.29) is 0 Å². The zero-order chi connectivity index (χ0) is 18.7. The van der Waals surface area contributed by atoms with Gasteiger partial charge in [-0.15, -0.1) is 0 Å². The number of likely N-dealkylation sites (tertiary alicyclic amines) is 1. The van der Waals surface area contributed by atoms with Gasteiger partial charge in [-0.3, -0.25) is 4.90 Å². The van der Waals surface area contributed by atoms with Crippen LogP contribution in [0.15, 0.2) is 36.4 Å². The zero-order valence-corrected chi connectivity index (χ0v) is 16.9. The third-order valence-corrected chi connectivity index (χ3v) is 5.79. The molecule has 2 aliphatic heterocycles. The molecule has 2 saturated heterocycles. The third-order valence-electron chi connectivity index (χ3n) is 5.79. The fraction of sp³-hybridized carbons (Fsp3) is 0.652. The Kier molecular flexibility index (Phi) is 8.82. The Bertz CT molecular complexity index is 535. The summed E-state index contributed by atoms with van der Waals surface area (Å²) in [5.41, 5.74) is 1.28. The summed E-state index contributed by atoms with van der Waals surface area (Å²) in [6.45, 7) is 8.56. The number of ether oxygens (including phenoxy) is 2. The Balaban J connectivity index is 1.48. The molecule has 0 radical (unpaired) electrons. The quantitative estimate of drug-likeness (QED) is 0.627. The smallest absolute Gasteiger partial charge is 0.0702 e. The van der Waals surface area contributed by atoms with E-state index in [0.29, 0.717) is 6.10 Å². The Morgan fingerprint density at radius 2 is 1.96 bits per heavy atom. The molecule has 0 aliphatic carbocycles. The van der Waals surface area contributed by atoms with Crippen LogP contribution < -0.4 is 0 Å². The van der Waals surface area contributed by atoms with E-state index in [9.17, 15) is 0 Å². The number of hydrogen-bond donors (Lipinski definition) is 0. The monoisotopic (exact) mass is 372 g/mol. The second kappa shape index (κ2) is 11.6. The van der Waals surface area contributed by atoms with Crippen LogP contribution in [0.3, 0.4) is 0 Å². The van der Waals surface area contributed by atoms with E-state index in [1.54, 1.807) is 7.11 Å². The molecular weight excluding hydrogens is 336 g/mol. The fourth-order valence-electron chi connectivity index (χ4n) is 4.18. The van der Waals surface area contributed by atoms with Crippen LogP contribution in [-0.2, 0) is 9.47 Å². The first-order valence-electron chi connectivity index (χ1n) is 10.6. The van der Waals surface area contributed by atoms with Gasteiger partial charge in [0.2, 0.25) is 0 Å². The molecule has 0 saturated carbocycles. The van der Waals surface area contributed by atoms with Gasteiger partial charge in [-0.2, -0.15) is 0 Å². The molecule has 4 nitrogen and oxygen atoms in total. The van der Waals surface area contributed by atoms with Gasteiger partial charge >= 0.3 is 0 Å². The van der Waals surface area contributed by atoms with Crippen molar-refractivity contribution < 1.29 is 9.47 Å². The average Bonchev–Trinajstić information content (AvgIpc) is 3.21. The molecule has 150 valence electrons. The van der Waals surface area contributed by atoms with Gasteiger partial charge in [-0.05, 0) is 50.3 Å². The van der Waals surface area contributed by atoms with Gasteiger partial charge < -0.3 is 14.4 Å². The summed E-state index contributed by atoms with van der Waals surface area (Å²) in [5.74, 6) is 0.801. The van der Waals surface area contributed by atoms with Crippen molar-refractivity contribution in [3.63, 3.8) is 0 Å². The maximum absolute atomic E-state index is 5.91. The minimum Gasteiger partial charge on any atom is -0.383 e. The van der Waals surface area contributed by atoms with E-state index in [4.69, 9.17) is 9.47 Å². The summed E-state index contributed by atoms with van der Waals surface area (Å²) in [6.07, 6.45) is 10.0. The van der Waals surface area contributed by atoms with Crippen LogP contribution in [0.4, 0.5) is 0 Å². The Morgan fingerprint density at radius 1 is 1.15 bits per heavy atom. The second-order valence-electron chi connectivity index (χ2n) is 7.94. The minimum atomic E-state index is 0.428. The van der Waals surface area contributed by atoms with Crippen LogP contribution in [0.25, 0.3) is 6.08 Å². The van der Waals surface area contributed by atoms with E-state index in [1.165, 1.54) is 50.9 Å². The zero-order valence-electron chi connectivity index (χ0n) is 16.9. The van der Waals surface area contributed by atoms with E-state index in [2.05, 4.69) is 52.3 Å². The van der Waals surface area contributed by atoms with Crippen LogP contribution in [0.1, 0.15) is 31.2 Å². The predicted molar refractivity (Wildman–Crippen MR) is 112 cm³/mol. The molecule has 0 spiro atoms. The molecule has 2 fully saturated rings. The highest BCUT2D eigenvalue weighted by Gasteiger charge is 2.24. The van der Waals surface area contributed by atoms with Gasteiger partial charge in [-0.1, -0.05) is 42.5 Å². The summed E-state index contributed by atoms with van der Waals surface area (Å²) in [5, 5.41) is 0. The van der Waals surface area contributed by atoms with Crippen LogP contribution in [0.2, 0.25) is 0 Å². The van der Waals surface area contributed by atoms with Gasteiger partial charge in [0.15, 0.2) is 0 Å². The number of nitrogens with zero attached hydrogens (tertiary/aromatic N) is 2. The number of methoxy groups -OCH3 is 1. The molecule has 0 bridgehead atoms. The first-order valence-corrected chi connectivity index (χ1v) is 10.6. The molecule has 3 rings (SSSR count). The van der Waals surface area contributed by atoms with Crippen molar-refractivity contribution in [3.05, 3.63) is 42.0 Å². The van der Waals surface area contributed by atoms with Gasteiger partial charge in [0.1, 0.15) is 0 Å². The molecule has 0 aromatic heterocycles. The van der Waals surface area contributed by atoms with Crippen molar-refractivity contribution in [1.29, 1.82) is 0 Å². The number of benzene rings is 1. The molecule has 2 aliphatic rings. The molecule has 27 heavy (non-hydrogen) atoms. The van der Waals surface area contributed by atoms with E-state index < -0.39 is 0 Å². The molecule has 0 N–H and O–H groups in total. The van der Waals surface area contributed by atoms with Crippen molar-refractivity contribution in [2.45, 2.75) is 31.8 Å².